The molecule has 0 saturated heterocycles. The Morgan fingerprint density at radius 2 is 0.778 bits per heavy atom. The summed E-state index contributed by atoms with van der Waals surface area (Å²) in [7, 11) is 0. The SMILES string of the molecule is CC(C)(C)OCCCCCCCCOC(C)(C)C. The van der Waals surface area contributed by atoms with Gasteiger partial charge in [0.25, 0.3) is 0 Å². The lowest BCUT2D eigenvalue weighted by Crippen LogP contribution is -2.19. The van der Waals surface area contributed by atoms with Crippen LogP contribution in [0.1, 0.15) is 80.1 Å². The van der Waals surface area contributed by atoms with Crippen LogP contribution in [0.25, 0.3) is 0 Å². The Balaban J connectivity index is 3.13. The zero-order valence-corrected chi connectivity index (χ0v) is 13.5. The fourth-order valence-corrected chi connectivity index (χ4v) is 1.67. The highest BCUT2D eigenvalue weighted by molar-refractivity contribution is 4.59. The Hall–Kier alpha value is -0.0800. The lowest BCUT2D eigenvalue weighted by Gasteiger charge is -2.19. The second-order valence-corrected chi connectivity index (χ2v) is 7.04. The summed E-state index contributed by atoms with van der Waals surface area (Å²) in [6, 6.07) is 0. The van der Waals surface area contributed by atoms with Crippen molar-refractivity contribution in [1.29, 1.82) is 0 Å². The predicted octanol–water partition coefficient (Wildman–Crippen LogP) is 4.96. The molecule has 0 heterocycles. The summed E-state index contributed by atoms with van der Waals surface area (Å²) in [6.07, 6.45) is 7.60. The average Bonchev–Trinajstić information content (AvgIpc) is 2.17. The molecule has 0 spiro atoms. The van der Waals surface area contributed by atoms with Crippen LogP contribution in [0.2, 0.25) is 0 Å². The topological polar surface area (TPSA) is 18.5 Å². The van der Waals surface area contributed by atoms with E-state index in [0.717, 1.165) is 13.2 Å². The molecule has 0 radical (unpaired) electrons. The third-order valence-electron chi connectivity index (χ3n) is 2.61. The summed E-state index contributed by atoms with van der Waals surface area (Å²) in [5.74, 6) is 0. The fourth-order valence-electron chi connectivity index (χ4n) is 1.67. The first kappa shape index (κ1) is 17.9. The molecule has 0 atom stereocenters. The van der Waals surface area contributed by atoms with Crippen molar-refractivity contribution in [2.24, 2.45) is 0 Å². The zero-order valence-electron chi connectivity index (χ0n) is 13.5. The van der Waals surface area contributed by atoms with E-state index in [0.29, 0.717) is 0 Å². The normalized spacial score (nSPS) is 13.0. The Bertz CT molecular complexity index is 164. The summed E-state index contributed by atoms with van der Waals surface area (Å²) in [6.45, 7) is 14.5. The zero-order chi connectivity index (χ0) is 14.1. The molecule has 0 aromatic carbocycles. The molecule has 0 unspecified atom stereocenters. The Labute approximate surface area is 114 Å². The Morgan fingerprint density at radius 3 is 1.06 bits per heavy atom. The van der Waals surface area contributed by atoms with Crippen molar-refractivity contribution < 1.29 is 9.47 Å². The van der Waals surface area contributed by atoms with E-state index in [1.807, 2.05) is 0 Å². The molecule has 2 heteroatoms. The lowest BCUT2D eigenvalue weighted by molar-refractivity contribution is -0.00628. The maximum atomic E-state index is 5.69. The molecule has 0 fully saturated rings. The van der Waals surface area contributed by atoms with E-state index in [4.69, 9.17) is 9.47 Å². The minimum Gasteiger partial charge on any atom is -0.376 e. The van der Waals surface area contributed by atoms with Crippen LogP contribution in [-0.2, 0) is 9.47 Å². The molecule has 0 amide bonds. The van der Waals surface area contributed by atoms with Gasteiger partial charge in [0, 0.05) is 13.2 Å². The molecule has 0 aromatic rings. The molecule has 0 rings (SSSR count). The molecular formula is C16H34O2. The molecule has 0 aliphatic carbocycles. The molecular weight excluding hydrogens is 224 g/mol. The van der Waals surface area contributed by atoms with Gasteiger partial charge in [-0.25, -0.2) is 0 Å². The highest BCUT2D eigenvalue weighted by Crippen LogP contribution is 2.11. The van der Waals surface area contributed by atoms with Crippen LogP contribution in [-0.4, -0.2) is 24.4 Å². The highest BCUT2D eigenvalue weighted by atomic mass is 16.5. The third kappa shape index (κ3) is 15.9. The minimum absolute atomic E-state index is 0.0181. The fraction of sp³-hybridized carbons (Fsp3) is 1.00. The second kappa shape index (κ2) is 8.92. The Morgan fingerprint density at radius 1 is 0.500 bits per heavy atom. The van der Waals surface area contributed by atoms with Gasteiger partial charge in [-0.3, -0.25) is 0 Å². The van der Waals surface area contributed by atoms with Crippen LogP contribution in [0.4, 0.5) is 0 Å². The first-order chi connectivity index (χ1) is 8.21. The largest absolute Gasteiger partial charge is 0.376 e. The molecule has 0 aromatic heterocycles. The van der Waals surface area contributed by atoms with Crippen molar-refractivity contribution in [3.05, 3.63) is 0 Å². The van der Waals surface area contributed by atoms with Gasteiger partial charge in [0.05, 0.1) is 11.2 Å². The maximum Gasteiger partial charge on any atom is 0.0598 e. The number of rotatable bonds is 9. The van der Waals surface area contributed by atoms with Gasteiger partial charge < -0.3 is 9.47 Å². The van der Waals surface area contributed by atoms with E-state index in [2.05, 4.69) is 41.5 Å². The van der Waals surface area contributed by atoms with Gasteiger partial charge in [0.2, 0.25) is 0 Å². The van der Waals surface area contributed by atoms with E-state index < -0.39 is 0 Å². The van der Waals surface area contributed by atoms with Gasteiger partial charge in [-0.15, -0.1) is 0 Å². The molecule has 18 heavy (non-hydrogen) atoms. The number of hydrogen-bond acceptors (Lipinski definition) is 2. The minimum atomic E-state index is 0.0181. The van der Waals surface area contributed by atoms with E-state index in [1.54, 1.807) is 0 Å². The lowest BCUT2D eigenvalue weighted by atomic mass is 10.1. The van der Waals surface area contributed by atoms with Crippen LogP contribution in [0.5, 0.6) is 0 Å². The van der Waals surface area contributed by atoms with Crippen LogP contribution < -0.4 is 0 Å². The van der Waals surface area contributed by atoms with E-state index >= 15 is 0 Å². The van der Waals surface area contributed by atoms with Crippen LogP contribution in [0, 0.1) is 0 Å². The van der Waals surface area contributed by atoms with Crippen molar-refractivity contribution in [1.82, 2.24) is 0 Å². The molecule has 110 valence electrons. The monoisotopic (exact) mass is 258 g/mol. The third-order valence-corrected chi connectivity index (χ3v) is 2.61. The van der Waals surface area contributed by atoms with Gasteiger partial charge in [-0.1, -0.05) is 25.7 Å². The molecule has 0 saturated carbocycles. The average molecular weight is 258 g/mol. The molecule has 2 nitrogen and oxygen atoms in total. The second-order valence-electron chi connectivity index (χ2n) is 7.04. The predicted molar refractivity (Wildman–Crippen MR) is 79.1 cm³/mol. The van der Waals surface area contributed by atoms with Crippen molar-refractivity contribution in [2.75, 3.05) is 13.2 Å². The van der Waals surface area contributed by atoms with Crippen molar-refractivity contribution >= 4 is 0 Å². The summed E-state index contributed by atoms with van der Waals surface area (Å²) in [5, 5.41) is 0. The van der Waals surface area contributed by atoms with Crippen molar-refractivity contribution in [2.45, 2.75) is 91.3 Å². The van der Waals surface area contributed by atoms with Gasteiger partial charge >= 0.3 is 0 Å². The first-order valence-electron chi connectivity index (χ1n) is 7.49. The van der Waals surface area contributed by atoms with Crippen LogP contribution in [0.15, 0.2) is 0 Å². The number of unbranched alkanes of at least 4 members (excludes halogenated alkanes) is 5. The van der Waals surface area contributed by atoms with Crippen LogP contribution in [0.3, 0.4) is 0 Å². The summed E-state index contributed by atoms with van der Waals surface area (Å²) in [5.41, 5.74) is 0.0363. The van der Waals surface area contributed by atoms with Gasteiger partial charge in [0.1, 0.15) is 0 Å². The molecule has 0 aliphatic rings. The summed E-state index contributed by atoms with van der Waals surface area (Å²) < 4.78 is 11.4. The number of ether oxygens (including phenoxy) is 2. The van der Waals surface area contributed by atoms with Gasteiger partial charge in [0.15, 0.2) is 0 Å². The van der Waals surface area contributed by atoms with Gasteiger partial charge in [-0.2, -0.15) is 0 Å². The molecule has 0 bridgehead atoms. The van der Waals surface area contributed by atoms with E-state index in [-0.39, 0.29) is 11.2 Å². The Kier molecular flexibility index (Phi) is 8.89. The standard InChI is InChI=1S/C16H34O2/c1-15(2,3)17-13-11-9-7-8-10-12-14-18-16(4,5)6/h7-14H2,1-6H3. The summed E-state index contributed by atoms with van der Waals surface area (Å²) in [4.78, 5) is 0. The van der Waals surface area contributed by atoms with Crippen molar-refractivity contribution in [3.63, 3.8) is 0 Å². The van der Waals surface area contributed by atoms with Gasteiger partial charge in [-0.05, 0) is 54.4 Å². The maximum absolute atomic E-state index is 5.69. The quantitative estimate of drug-likeness (QED) is 0.544. The van der Waals surface area contributed by atoms with Crippen LogP contribution >= 0.6 is 0 Å². The van der Waals surface area contributed by atoms with Crippen molar-refractivity contribution in [3.8, 4) is 0 Å². The number of hydrogen-bond donors (Lipinski definition) is 0. The highest BCUT2D eigenvalue weighted by Gasteiger charge is 2.09. The molecule has 0 aliphatic heterocycles. The first-order valence-corrected chi connectivity index (χ1v) is 7.49. The van der Waals surface area contributed by atoms with E-state index in [1.165, 1.54) is 38.5 Å². The van der Waals surface area contributed by atoms with E-state index in [9.17, 15) is 0 Å². The summed E-state index contributed by atoms with van der Waals surface area (Å²) >= 11 is 0. The molecule has 0 N–H and O–H groups in total. The smallest absolute Gasteiger partial charge is 0.0598 e.